The third-order valence-electron chi connectivity index (χ3n) is 2.80. The summed E-state index contributed by atoms with van der Waals surface area (Å²) in [7, 11) is -3.52. The average molecular weight is 327 g/mol. The van der Waals surface area contributed by atoms with Gasteiger partial charge >= 0.3 is 0 Å². The minimum Gasteiger partial charge on any atom is -0.382 e. The van der Waals surface area contributed by atoms with Gasteiger partial charge in [-0.25, -0.2) is 0 Å². The number of nitrogens with two attached hydrogens (primary N) is 1. The summed E-state index contributed by atoms with van der Waals surface area (Å²) in [4.78, 5) is 5.07. The Kier molecular flexibility index (Phi) is 5.40. The van der Waals surface area contributed by atoms with Crippen molar-refractivity contribution in [3.05, 3.63) is 30.5 Å². The molecule has 2 rings (SSSR count). The smallest absolute Gasteiger partial charge is 0.268 e. The fourth-order valence-electron chi connectivity index (χ4n) is 1.87. The van der Waals surface area contributed by atoms with Gasteiger partial charge in [0.2, 0.25) is 0 Å². The van der Waals surface area contributed by atoms with Crippen LogP contribution in [0, 0.1) is 0 Å². The van der Waals surface area contributed by atoms with E-state index in [1.165, 1.54) is 0 Å². The number of fused-ring (bicyclic) bond motifs is 1. The van der Waals surface area contributed by atoms with Crippen LogP contribution >= 0.6 is 12.6 Å². The quantitative estimate of drug-likeness (QED) is 0.402. The Morgan fingerprint density at radius 3 is 2.90 bits per heavy atom. The van der Waals surface area contributed by atoms with Gasteiger partial charge in [0.25, 0.3) is 10.1 Å². The first-order valence-corrected chi connectivity index (χ1v) is 8.44. The summed E-state index contributed by atoms with van der Waals surface area (Å²) in [5.74, 6) is -0.172. The Morgan fingerprint density at radius 2 is 2.14 bits per heavy atom. The van der Waals surface area contributed by atoms with Crippen molar-refractivity contribution in [3.8, 4) is 0 Å². The molecule has 0 aliphatic heterocycles. The van der Waals surface area contributed by atoms with Crippen LogP contribution in [0.2, 0.25) is 0 Å². The lowest BCUT2D eigenvalue weighted by Crippen LogP contribution is -2.21. The fraction of sp³-hybridized carbons (Fsp3) is 0.308. The highest BCUT2D eigenvalue weighted by atomic mass is 32.2. The number of nitrogens with one attached hydrogen (secondary N) is 1. The highest BCUT2D eigenvalue weighted by molar-refractivity contribution is 7.86. The highest BCUT2D eigenvalue weighted by Gasteiger charge is 2.09. The molecule has 6 nitrogen and oxygen atoms in total. The molecule has 1 aromatic heterocycles. The Morgan fingerprint density at radius 1 is 1.33 bits per heavy atom. The number of aromatic nitrogens is 1. The molecule has 8 heteroatoms. The van der Waals surface area contributed by atoms with Crippen LogP contribution < -0.4 is 11.1 Å². The predicted octanol–water partition coefficient (Wildman–Crippen LogP) is 1.24. The molecule has 1 heterocycles. The van der Waals surface area contributed by atoms with E-state index in [0.717, 1.165) is 21.5 Å². The number of anilines is 1. The summed E-state index contributed by atoms with van der Waals surface area (Å²) in [6, 6.07) is 7.48. The third kappa shape index (κ3) is 4.31. The van der Waals surface area contributed by atoms with Crippen LogP contribution in [0.5, 0.6) is 0 Å². The van der Waals surface area contributed by atoms with Gasteiger partial charge in [0.1, 0.15) is 0 Å². The van der Waals surface area contributed by atoms with Crippen molar-refractivity contribution in [2.45, 2.75) is 4.90 Å². The largest absolute Gasteiger partial charge is 0.382 e. The minimum atomic E-state index is -3.52. The van der Waals surface area contributed by atoms with E-state index in [0.29, 0.717) is 6.54 Å². The van der Waals surface area contributed by atoms with E-state index in [-0.39, 0.29) is 18.9 Å². The van der Waals surface area contributed by atoms with Crippen molar-refractivity contribution in [1.29, 1.82) is 0 Å². The lowest BCUT2D eigenvalue weighted by molar-refractivity contribution is 0.332. The molecule has 0 aliphatic rings. The van der Waals surface area contributed by atoms with Crippen LogP contribution in [0.1, 0.15) is 0 Å². The molecular formula is C13H17N3O3S2. The molecule has 0 unspecified atom stereocenters. The molecule has 0 amide bonds. The van der Waals surface area contributed by atoms with Crippen molar-refractivity contribution in [1.82, 2.24) is 4.98 Å². The maximum atomic E-state index is 11.3. The molecule has 21 heavy (non-hydrogen) atoms. The minimum absolute atomic E-state index is 0.0483. The van der Waals surface area contributed by atoms with Crippen LogP contribution in [0.25, 0.3) is 10.9 Å². The van der Waals surface area contributed by atoms with Crippen LogP contribution in [-0.2, 0) is 14.3 Å². The van der Waals surface area contributed by atoms with E-state index in [4.69, 9.17) is 9.92 Å². The standard InChI is InChI=1S/C13H17N3O3S2/c14-5-9-21(17,18)19-8-7-15-11-3-4-12(20)13-10(11)2-1-6-16-13/h1-4,6,15,20H,5,7-9,14H2. The number of hydrogen-bond acceptors (Lipinski definition) is 7. The third-order valence-corrected chi connectivity index (χ3v) is 4.42. The van der Waals surface area contributed by atoms with Gasteiger partial charge in [-0.05, 0) is 24.3 Å². The lowest BCUT2D eigenvalue weighted by Gasteiger charge is -2.11. The normalized spacial score (nSPS) is 11.7. The second kappa shape index (κ2) is 7.08. The summed E-state index contributed by atoms with van der Waals surface area (Å²) >= 11 is 4.36. The molecular weight excluding hydrogens is 310 g/mol. The van der Waals surface area contributed by atoms with Crippen LogP contribution in [0.15, 0.2) is 35.4 Å². The lowest BCUT2D eigenvalue weighted by atomic mass is 10.2. The fourth-order valence-corrected chi connectivity index (χ4v) is 2.87. The number of pyridine rings is 1. The summed E-state index contributed by atoms with van der Waals surface area (Å²) in [5, 5.41) is 4.06. The molecule has 0 bridgehead atoms. The molecule has 0 atom stereocenters. The van der Waals surface area contributed by atoms with Gasteiger partial charge < -0.3 is 11.1 Å². The number of benzene rings is 1. The molecule has 0 spiro atoms. The Balaban J connectivity index is 2.00. The van der Waals surface area contributed by atoms with Crippen molar-refractivity contribution >= 4 is 39.3 Å². The molecule has 0 aliphatic carbocycles. The SMILES string of the molecule is NCCS(=O)(=O)OCCNc1ccc(S)c2ncccc12. The number of nitrogens with zero attached hydrogens (tertiary/aromatic N) is 1. The molecule has 3 N–H and O–H groups in total. The van der Waals surface area contributed by atoms with Crippen molar-refractivity contribution in [3.63, 3.8) is 0 Å². The van der Waals surface area contributed by atoms with Gasteiger partial charge in [0.05, 0.1) is 17.9 Å². The van der Waals surface area contributed by atoms with E-state index >= 15 is 0 Å². The molecule has 0 fully saturated rings. The monoisotopic (exact) mass is 327 g/mol. The van der Waals surface area contributed by atoms with Crippen molar-refractivity contribution < 1.29 is 12.6 Å². The van der Waals surface area contributed by atoms with Crippen LogP contribution in [0.4, 0.5) is 5.69 Å². The first-order valence-electron chi connectivity index (χ1n) is 6.41. The Bertz CT molecular complexity index is 720. The van der Waals surface area contributed by atoms with Gasteiger partial charge in [-0.3, -0.25) is 9.17 Å². The molecule has 2 aromatic rings. The van der Waals surface area contributed by atoms with Gasteiger partial charge in [0.15, 0.2) is 0 Å². The highest BCUT2D eigenvalue weighted by Crippen LogP contribution is 2.26. The molecule has 0 saturated carbocycles. The van der Waals surface area contributed by atoms with E-state index in [2.05, 4.69) is 22.9 Å². The Labute approximate surface area is 129 Å². The Hall–Kier alpha value is -1.35. The van der Waals surface area contributed by atoms with E-state index in [9.17, 15) is 8.42 Å². The zero-order chi connectivity index (χ0) is 15.3. The van der Waals surface area contributed by atoms with Gasteiger partial charge in [-0.1, -0.05) is 0 Å². The number of thiol groups is 1. The van der Waals surface area contributed by atoms with Gasteiger partial charge in [-0.2, -0.15) is 8.42 Å². The first-order chi connectivity index (χ1) is 10.0. The number of rotatable bonds is 7. The molecule has 1 aromatic carbocycles. The maximum Gasteiger partial charge on any atom is 0.268 e. The van der Waals surface area contributed by atoms with E-state index in [1.807, 2.05) is 24.3 Å². The van der Waals surface area contributed by atoms with E-state index < -0.39 is 10.1 Å². The number of hydrogen-bond donors (Lipinski definition) is 3. The zero-order valence-corrected chi connectivity index (χ0v) is 13.0. The van der Waals surface area contributed by atoms with E-state index in [1.54, 1.807) is 6.20 Å². The summed E-state index contributed by atoms with van der Waals surface area (Å²) in [6.45, 7) is 0.460. The summed E-state index contributed by atoms with van der Waals surface area (Å²) < 4.78 is 27.5. The van der Waals surface area contributed by atoms with Gasteiger partial charge in [-0.15, -0.1) is 12.6 Å². The first kappa shape index (κ1) is 16.0. The molecule has 0 saturated heterocycles. The predicted molar refractivity (Wildman–Crippen MR) is 86.3 cm³/mol. The summed E-state index contributed by atoms with van der Waals surface area (Å²) in [5.41, 5.74) is 6.85. The molecule has 114 valence electrons. The second-order valence-corrected chi connectivity index (χ2v) is 6.57. The zero-order valence-electron chi connectivity index (χ0n) is 11.3. The topological polar surface area (TPSA) is 94.3 Å². The second-order valence-electron chi connectivity index (χ2n) is 4.33. The van der Waals surface area contributed by atoms with Crippen molar-refractivity contribution in [2.24, 2.45) is 5.73 Å². The van der Waals surface area contributed by atoms with Gasteiger partial charge in [0, 0.05) is 35.3 Å². The van der Waals surface area contributed by atoms with Crippen LogP contribution in [-0.4, -0.2) is 38.9 Å². The maximum absolute atomic E-state index is 11.3. The van der Waals surface area contributed by atoms with Crippen molar-refractivity contribution in [2.75, 3.05) is 30.8 Å². The summed E-state index contributed by atoms with van der Waals surface area (Å²) in [6.07, 6.45) is 1.70. The molecule has 0 radical (unpaired) electrons. The van der Waals surface area contributed by atoms with Crippen LogP contribution in [0.3, 0.4) is 0 Å². The average Bonchev–Trinajstić information content (AvgIpc) is 2.46.